The number of amides is 1. The van der Waals surface area contributed by atoms with Gasteiger partial charge in [0.1, 0.15) is 5.01 Å². The molecule has 1 amide bonds. The number of benzene rings is 3. The molecule has 0 aliphatic heterocycles. The summed E-state index contributed by atoms with van der Waals surface area (Å²) in [5.74, 6) is 1.01. The number of hydrogen-bond donors (Lipinski definition) is 0. The molecule has 0 radical (unpaired) electrons. The highest BCUT2D eigenvalue weighted by atomic mass is 32.1. The normalized spacial score (nSPS) is 10.9. The maximum Gasteiger partial charge on any atom is 0.275 e. The molecule has 2 heterocycles. The summed E-state index contributed by atoms with van der Waals surface area (Å²) in [5.41, 5.74) is 3.66. The fraction of sp³-hybridized carbons (Fsp3) is 0.148. The van der Waals surface area contributed by atoms with Crippen LogP contribution >= 0.6 is 11.3 Å². The number of ether oxygens (including phenoxy) is 2. The Kier molecular flexibility index (Phi) is 6.20. The standard InChI is InChI=1S/C27H24N4O3S/c1-30(17-25-28-21-11-7-8-12-24(21)35-25)27(32)26-20(16-31(29-26)19-9-5-4-6-10-19)18-13-14-22(33-2)23(15-18)34-3/h4-16H,17H2,1-3H3. The van der Waals surface area contributed by atoms with Gasteiger partial charge in [-0.05, 0) is 42.0 Å². The third kappa shape index (κ3) is 4.48. The van der Waals surface area contributed by atoms with Crippen LogP contribution in [0.25, 0.3) is 27.0 Å². The average Bonchev–Trinajstić information content (AvgIpc) is 3.52. The van der Waals surface area contributed by atoms with Gasteiger partial charge in [0, 0.05) is 18.8 Å². The van der Waals surface area contributed by atoms with E-state index in [0.717, 1.165) is 26.5 Å². The van der Waals surface area contributed by atoms with E-state index >= 15 is 0 Å². The molecular weight excluding hydrogens is 460 g/mol. The van der Waals surface area contributed by atoms with Crippen LogP contribution < -0.4 is 9.47 Å². The first-order valence-corrected chi connectivity index (χ1v) is 11.9. The van der Waals surface area contributed by atoms with Crippen molar-refractivity contribution in [3.8, 4) is 28.3 Å². The van der Waals surface area contributed by atoms with Crippen LogP contribution in [-0.4, -0.2) is 46.8 Å². The predicted octanol–water partition coefficient (Wildman–Crippen LogP) is 5.44. The summed E-state index contributed by atoms with van der Waals surface area (Å²) in [6.45, 7) is 0.391. The van der Waals surface area contributed by atoms with Gasteiger partial charge in [0.05, 0.1) is 36.7 Å². The van der Waals surface area contributed by atoms with Gasteiger partial charge >= 0.3 is 0 Å². The van der Waals surface area contributed by atoms with Gasteiger partial charge in [0.2, 0.25) is 0 Å². The lowest BCUT2D eigenvalue weighted by Gasteiger charge is -2.15. The van der Waals surface area contributed by atoms with Crippen molar-refractivity contribution in [2.75, 3.05) is 21.3 Å². The Balaban J connectivity index is 1.53. The Morgan fingerprint density at radius 2 is 1.71 bits per heavy atom. The summed E-state index contributed by atoms with van der Waals surface area (Å²) in [7, 11) is 4.96. The van der Waals surface area contributed by atoms with Gasteiger partial charge in [0.15, 0.2) is 17.2 Å². The van der Waals surface area contributed by atoms with Crippen molar-refractivity contribution in [2.45, 2.75) is 6.54 Å². The van der Waals surface area contributed by atoms with Crippen LogP contribution in [-0.2, 0) is 6.54 Å². The first-order valence-electron chi connectivity index (χ1n) is 11.0. The highest BCUT2D eigenvalue weighted by Gasteiger charge is 2.24. The van der Waals surface area contributed by atoms with E-state index in [9.17, 15) is 4.79 Å². The van der Waals surface area contributed by atoms with Crippen molar-refractivity contribution in [3.63, 3.8) is 0 Å². The molecule has 0 saturated heterocycles. The lowest BCUT2D eigenvalue weighted by Crippen LogP contribution is -2.27. The van der Waals surface area contributed by atoms with Gasteiger partial charge in [0.25, 0.3) is 5.91 Å². The van der Waals surface area contributed by atoms with Crippen LogP contribution in [0.15, 0.2) is 79.0 Å². The van der Waals surface area contributed by atoms with Crippen molar-refractivity contribution < 1.29 is 14.3 Å². The lowest BCUT2D eigenvalue weighted by molar-refractivity contribution is 0.0779. The molecule has 2 aromatic heterocycles. The van der Waals surface area contributed by atoms with Crippen LogP contribution in [0.1, 0.15) is 15.5 Å². The van der Waals surface area contributed by atoms with E-state index in [1.54, 1.807) is 42.2 Å². The van der Waals surface area contributed by atoms with Gasteiger partial charge < -0.3 is 14.4 Å². The Hall–Kier alpha value is -4.17. The molecule has 5 rings (SSSR count). The molecule has 5 aromatic rings. The molecule has 0 unspecified atom stereocenters. The minimum atomic E-state index is -0.191. The van der Waals surface area contributed by atoms with E-state index in [1.165, 1.54) is 0 Å². The highest BCUT2D eigenvalue weighted by Crippen LogP contribution is 2.34. The molecular formula is C27H24N4O3S. The molecule has 0 aliphatic rings. The number of thiazole rings is 1. The fourth-order valence-electron chi connectivity index (χ4n) is 3.90. The molecule has 0 bridgehead atoms. The molecule has 0 N–H and O–H groups in total. The Morgan fingerprint density at radius 3 is 2.46 bits per heavy atom. The maximum absolute atomic E-state index is 13.7. The van der Waals surface area contributed by atoms with Crippen LogP contribution in [0.4, 0.5) is 0 Å². The molecule has 0 spiro atoms. The summed E-state index contributed by atoms with van der Waals surface area (Å²) in [6.07, 6.45) is 1.87. The highest BCUT2D eigenvalue weighted by molar-refractivity contribution is 7.18. The number of carbonyl (C=O) groups excluding carboxylic acids is 1. The third-order valence-corrected chi connectivity index (χ3v) is 6.71. The number of fused-ring (bicyclic) bond motifs is 1. The molecule has 176 valence electrons. The molecule has 35 heavy (non-hydrogen) atoms. The number of nitrogens with zero attached hydrogens (tertiary/aromatic N) is 4. The van der Waals surface area contributed by atoms with E-state index in [0.29, 0.717) is 29.3 Å². The molecule has 3 aromatic carbocycles. The van der Waals surface area contributed by atoms with Gasteiger partial charge in [-0.25, -0.2) is 9.67 Å². The molecule has 8 heteroatoms. The first kappa shape index (κ1) is 22.6. The quantitative estimate of drug-likeness (QED) is 0.308. The van der Waals surface area contributed by atoms with Crippen molar-refractivity contribution in [1.29, 1.82) is 0 Å². The monoisotopic (exact) mass is 484 g/mol. The van der Waals surface area contributed by atoms with Crippen LogP contribution in [0, 0.1) is 0 Å². The number of para-hydroxylation sites is 2. The second kappa shape index (κ2) is 9.60. The predicted molar refractivity (Wildman–Crippen MR) is 138 cm³/mol. The Bertz CT molecular complexity index is 1460. The van der Waals surface area contributed by atoms with E-state index in [4.69, 9.17) is 14.6 Å². The van der Waals surface area contributed by atoms with Crippen LogP contribution in [0.3, 0.4) is 0 Å². The zero-order valence-electron chi connectivity index (χ0n) is 19.6. The van der Waals surface area contributed by atoms with Crippen molar-refractivity contribution >= 4 is 27.5 Å². The van der Waals surface area contributed by atoms with Crippen LogP contribution in [0.5, 0.6) is 11.5 Å². The second-order valence-electron chi connectivity index (χ2n) is 7.98. The minimum absolute atomic E-state index is 0.191. The number of aromatic nitrogens is 3. The number of hydrogen-bond acceptors (Lipinski definition) is 6. The molecule has 0 fully saturated rings. The summed E-state index contributed by atoms with van der Waals surface area (Å²) in [6, 6.07) is 23.3. The van der Waals surface area contributed by atoms with E-state index in [2.05, 4.69) is 4.98 Å². The number of carbonyl (C=O) groups is 1. The SMILES string of the molecule is COc1ccc(-c2cn(-c3ccccc3)nc2C(=O)N(C)Cc2nc3ccccc3s2)cc1OC. The Morgan fingerprint density at radius 1 is 0.971 bits per heavy atom. The maximum atomic E-state index is 13.7. The lowest BCUT2D eigenvalue weighted by atomic mass is 10.0. The largest absolute Gasteiger partial charge is 0.493 e. The first-order chi connectivity index (χ1) is 17.1. The average molecular weight is 485 g/mol. The minimum Gasteiger partial charge on any atom is -0.493 e. The molecule has 0 aliphatic carbocycles. The number of rotatable bonds is 7. The van der Waals surface area contributed by atoms with Crippen molar-refractivity contribution in [2.24, 2.45) is 0 Å². The van der Waals surface area contributed by atoms with Crippen molar-refractivity contribution in [3.05, 3.63) is 89.7 Å². The zero-order valence-corrected chi connectivity index (χ0v) is 20.5. The summed E-state index contributed by atoms with van der Waals surface area (Å²) in [5, 5.41) is 5.57. The summed E-state index contributed by atoms with van der Waals surface area (Å²) in [4.78, 5) is 20.0. The van der Waals surface area contributed by atoms with Gasteiger partial charge in [-0.3, -0.25) is 4.79 Å². The topological polar surface area (TPSA) is 69.5 Å². The smallest absolute Gasteiger partial charge is 0.275 e. The Labute approximate surface area is 207 Å². The third-order valence-electron chi connectivity index (χ3n) is 5.69. The molecule has 7 nitrogen and oxygen atoms in total. The van der Waals surface area contributed by atoms with Gasteiger partial charge in [-0.15, -0.1) is 11.3 Å². The summed E-state index contributed by atoms with van der Waals surface area (Å²) >= 11 is 1.59. The number of methoxy groups -OCH3 is 2. The molecule has 0 saturated carbocycles. The fourth-order valence-corrected chi connectivity index (χ4v) is 4.92. The van der Waals surface area contributed by atoms with Gasteiger partial charge in [-0.1, -0.05) is 36.4 Å². The zero-order chi connectivity index (χ0) is 24.4. The van der Waals surface area contributed by atoms with Crippen molar-refractivity contribution in [1.82, 2.24) is 19.7 Å². The summed E-state index contributed by atoms with van der Waals surface area (Å²) < 4.78 is 13.7. The van der Waals surface area contributed by atoms with Gasteiger partial charge in [-0.2, -0.15) is 5.10 Å². The van der Waals surface area contributed by atoms with E-state index < -0.39 is 0 Å². The van der Waals surface area contributed by atoms with E-state index in [-0.39, 0.29) is 5.91 Å². The van der Waals surface area contributed by atoms with E-state index in [1.807, 2.05) is 79.0 Å². The molecule has 0 atom stereocenters. The second-order valence-corrected chi connectivity index (χ2v) is 9.09. The van der Waals surface area contributed by atoms with Crippen LogP contribution in [0.2, 0.25) is 0 Å².